The molecule has 1 amide bonds. The van der Waals surface area contributed by atoms with Crippen LogP contribution >= 0.6 is 11.3 Å². The number of amides is 1. The lowest BCUT2D eigenvalue weighted by atomic mass is 10.0. The van der Waals surface area contributed by atoms with Crippen molar-refractivity contribution in [3.8, 4) is 0 Å². The summed E-state index contributed by atoms with van der Waals surface area (Å²) < 4.78 is 28.8. The fraction of sp³-hybridized carbons (Fsp3) is 0.806. The Morgan fingerprint density at radius 2 is 1.12 bits per heavy atom. The Morgan fingerprint density at radius 1 is 0.810 bits per heavy atom. The molecule has 42 heavy (non-hydrogen) atoms. The Balaban J connectivity index is -0.000000612. The number of hydrogen-bond donors (Lipinski definition) is 2. The molecule has 3 N–H and O–H groups in total. The smallest absolute Gasteiger partial charge is 0.369 e. The summed E-state index contributed by atoms with van der Waals surface area (Å²) in [6.45, 7) is 10.3. The van der Waals surface area contributed by atoms with Gasteiger partial charge < -0.3 is 9.80 Å². The summed E-state index contributed by atoms with van der Waals surface area (Å²) in [6, 6.07) is 4.04. The van der Waals surface area contributed by atoms with E-state index in [9.17, 15) is 13.2 Å². The largest absolute Gasteiger partial charge is 0.413 e. The molecule has 1 aliphatic heterocycles. The summed E-state index contributed by atoms with van der Waals surface area (Å²) in [5.74, 6) is 3.97. The van der Waals surface area contributed by atoms with Crippen molar-refractivity contribution in [1.29, 1.82) is 0 Å². The SMILES string of the molecule is CC.CCN1CCCCCCCCCCCCCCCCCCC1.CN(C)C=NC=O.NOS(=O)(=O)O.c1ccsc1. The number of thiophene rings is 1. The zero-order chi connectivity index (χ0) is 32.2. The normalized spacial score (nSPS) is 16.8. The molecule has 1 aliphatic rings. The molecule has 0 bridgehead atoms. The molecule has 0 saturated carbocycles. The highest BCUT2D eigenvalue weighted by Crippen LogP contribution is 2.15. The van der Waals surface area contributed by atoms with Crippen LogP contribution in [0.1, 0.15) is 130 Å². The third-order valence-electron chi connectivity index (χ3n) is 6.30. The molecule has 1 aromatic heterocycles. The second-order valence-electron chi connectivity index (χ2n) is 10.1. The summed E-state index contributed by atoms with van der Waals surface area (Å²) in [7, 11) is -0.787. The molecule has 9 nitrogen and oxygen atoms in total. The van der Waals surface area contributed by atoms with Crippen molar-refractivity contribution in [2.75, 3.05) is 33.7 Å². The van der Waals surface area contributed by atoms with Gasteiger partial charge in [-0.15, -0.1) is 0 Å². The monoisotopic (exact) mass is 636 g/mol. The van der Waals surface area contributed by atoms with Crippen LogP contribution in [0.3, 0.4) is 0 Å². The minimum Gasteiger partial charge on any atom is -0.369 e. The van der Waals surface area contributed by atoms with Crippen molar-refractivity contribution >= 4 is 34.5 Å². The van der Waals surface area contributed by atoms with Gasteiger partial charge in [-0.2, -0.15) is 29.9 Å². The van der Waals surface area contributed by atoms with Gasteiger partial charge in [-0.05, 0) is 43.2 Å². The molecule has 0 aliphatic carbocycles. The molecule has 1 saturated heterocycles. The lowest BCUT2D eigenvalue weighted by Gasteiger charge is -2.20. The van der Waals surface area contributed by atoms with E-state index in [2.05, 4.69) is 27.0 Å². The fourth-order valence-corrected chi connectivity index (χ4v) is 4.59. The average molecular weight is 637 g/mol. The van der Waals surface area contributed by atoms with Gasteiger partial charge in [-0.1, -0.05) is 129 Å². The molecule has 2 heterocycles. The highest BCUT2D eigenvalue weighted by atomic mass is 32.3. The zero-order valence-corrected chi connectivity index (χ0v) is 29.1. The maximum Gasteiger partial charge on any atom is 0.413 e. The molecule has 11 heteroatoms. The second kappa shape index (κ2) is 37.7. The summed E-state index contributed by atoms with van der Waals surface area (Å²) in [6.07, 6.45) is 27.0. The minimum atomic E-state index is -4.38. The maximum atomic E-state index is 9.48. The van der Waals surface area contributed by atoms with Crippen LogP contribution in [-0.4, -0.2) is 69.2 Å². The lowest BCUT2D eigenvalue weighted by Crippen LogP contribution is -2.25. The van der Waals surface area contributed by atoms with E-state index >= 15 is 0 Å². The molecule has 1 aromatic rings. The van der Waals surface area contributed by atoms with Crippen molar-refractivity contribution in [3.05, 3.63) is 22.9 Å². The van der Waals surface area contributed by atoms with Crippen molar-refractivity contribution in [2.45, 2.75) is 130 Å². The zero-order valence-electron chi connectivity index (χ0n) is 27.4. The van der Waals surface area contributed by atoms with Crippen LogP contribution in [0.5, 0.6) is 0 Å². The van der Waals surface area contributed by atoms with Gasteiger partial charge >= 0.3 is 10.4 Å². The summed E-state index contributed by atoms with van der Waals surface area (Å²) in [5.41, 5.74) is 0. The number of rotatable bonds is 4. The van der Waals surface area contributed by atoms with Gasteiger partial charge in [0.1, 0.15) is 0 Å². The van der Waals surface area contributed by atoms with Gasteiger partial charge in [0.25, 0.3) is 0 Å². The molecule has 0 atom stereocenters. The number of nitrogens with two attached hydrogens (primary N) is 1. The van der Waals surface area contributed by atoms with E-state index in [1.54, 1.807) is 30.3 Å². The first kappa shape index (κ1) is 45.1. The lowest BCUT2D eigenvalue weighted by molar-refractivity contribution is -0.106. The maximum absolute atomic E-state index is 9.48. The summed E-state index contributed by atoms with van der Waals surface area (Å²) in [5, 5.41) is 4.08. The van der Waals surface area contributed by atoms with Crippen LogP contribution in [0.4, 0.5) is 0 Å². The first-order chi connectivity index (χ1) is 20.3. The van der Waals surface area contributed by atoms with Crippen molar-refractivity contribution < 1.29 is 22.0 Å². The van der Waals surface area contributed by atoms with Crippen LogP contribution < -0.4 is 5.90 Å². The van der Waals surface area contributed by atoms with Crippen molar-refractivity contribution in [1.82, 2.24) is 9.80 Å². The molecule has 0 spiro atoms. The third-order valence-corrected chi connectivity index (χ3v) is 7.17. The highest BCUT2D eigenvalue weighted by Gasteiger charge is 2.02. The van der Waals surface area contributed by atoms with E-state index in [4.69, 9.17) is 4.55 Å². The summed E-state index contributed by atoms with van der Waals surface area (Å²) in [4.78, 5) is 17.1. The molecular formula is C31H64N4O5S2. The van der Waals surface area contributed by atoms with Crippen LogP contribution in [0, 0.1) is 0 Å². The van der Waals surface area contributed by atoms with Crippen LogP contribution in [0.15, 0.2) is 27.9 Å². The first-order valence-corrected chi connectivity index (χ1v) is 18.3. The van der Waals surface area contributed by atoms with E-state index in [1.807, 2.05) is 36.7 Å². The van der Waals surface area contributed by atoms with E-state index < -0.39 is 10.4 Å². The van der Waals surface area contributed by atoms with Crippen LogP contribution in [0.2, 0.25) is 0 Å². The Bertz CT molecular complexity index is 711. The number of carbonyl (C=O) groups is 1. The topological polar surface area (TPSA) is 126 Å². The number of nitrogens with zero attached hydrogens (tertiary/aromatic N) is 3. The predicted molar refractivity (Wildman–Crippen MR) is 181 cm³/mol. The predicted octanol–water partition coefficient (Wildman–Crippen LogP) is 8.14. The molecular weight excluding hydrogens is 572 g/mol. The van der Waals surface area contributed by atoms with E-state index in [1.165, 1.54) is 135 Å². The molecule has 250 valence electrons. The molecule has 2 rings (SSSR count). The first-order valence-electron chi connectivity index (χ1n) is 16.0. The van der Waals surface area contributed by atoms with E-state index in [0.717, 1.165) is 0 Å². The third kappa shape index (κ3) is 45.6. The second-order valence-corrected chi connectivity index (χ2v) is 12.0. The summed E-state index contributed by atoms with van der Waals surface area (Å²) >= 11 is 1.71. The molecule has 0 radical (unpaired) electrons. The highest BCUT2D eigenvalue weighted by molar-refractivity contribution is 7.80. The Hall–Kier alpha value is -1.37. The number of aliphatic imine (C=N–C) groups is 1. The standard InChI is InChI=1S/C21H43N.C4H8N2O.C4H4S.C2H6.H3NO4S/c1-2-22-20-18-16-14-12-10-8-6-4-3-5-7-9-11-13-15-17-19-21-22;1-6(2)3-5-4-7;1-2-4-5-3-1;1-2;1-5-6(2,3)4/h2-21H2,1H3;3-4H,1-2H3;1-4H;1-2H3;1H2,(H,2,3,4). The van der Waals surface area contributed by atoms with Crippen LogP contribution in [-0.2, 0) is 19.5 Å². The van der Waals surface area contributed by atoms with Gasteiger partial charge in [-0.25, -0.2) is 4.99 Å². The van der Waals surface area contributed by atoms with Crippen molar-refractivity contribution in [2.24, 2.45) is 10.9 Å². The Kier molecular flexibility index (Phi) is 40.4. The quantitative estimate of drug-likeness (QED) is 0.112. The molecule has 1 fully saturated rings. The fourth-order valence-electron chi connectivity index (χ4n) is 4.14. The Morgan fingerprint density at radius 3 is 1.29 bits per heavy atom. The van der Waals surface area contributed by atoms with E-state index in [0.29, 0.717) is 6.41 Å². The number of hydrogen-bond acceptors (Lipinski definition) is 7. The Labute approximate surface area is 263 Å². The van der Waals surface area contributed by atoms with Crippen molar-refractivity contribution in [3.63, 3.8) is 0 Å². The molecule has 0 unspecified atom stereocenters. The minimum absolute atomic E-state index is 0.500. The van der Waals surface area contributed by atoms with Gasteiger partial charge in [0.2, 0.25) is 6.41 Å². The van der Waals surface area contributed by atoms with Gasteiger partial charge in [0.05, 0.1) is 6.34 Å². The van der Waals surface area contributed by atoms with Crippen LogP contribution in [0.25, 0.3) is 0 Å². The van der Waals surface area contributed by atoms with E-state index in [-0.39, 0.29) is 0 Å². The number of carbonyl (C=O) groups excluding carboxylic acids is 1. The average Bonchev–Trinajstić information content (AvgIpc) is 3.57. The molecule has 0 aromatic carbocycles. The van der Waals surface area contributed by atoms with Gasteiger partial charge in [0, 0.05) is 14.1 Å². The van der Waals surface area contributed by atoms with Gasteiger partial charge in [0.15, 0.2) is 0 Å². The van der Waals surface area contributed by atoms with Gasteiger partial charge in [-0.3, -0.25) is 9.35 Å².